The molecule has 0 amide bonds. The van der Waals surface area contributed by atoms with Gasteiger partial charge in [-0.05, 0) is 22.9 Å². The second kappa shape index (κ2) is 4.46. The summed E-state index contributed by atoms with van der Waals surface area (Å²) in [6.07, 6.45) is 1.78. The van der Waals surface area contributed by atoms with E-state index < -0.39 is 0 Å². The zero-order valence-electron chi connectivity index (χ0n) is 7.98. The van der Waals surface area contributed by atoms with Gasteiger partial charge in [0.1, 0.15) is 3.79 Å². The number of nitrogen functional groups attached to an aromatic ring is 1. The van der Waals surface area contributed by atoms with E-state index in [9.17, 15) is 0 Å². The lowest BCUT2D eigenvalue weighted by Crippen LogP contribution is -2.16. The van der Waals surface area contributed by atoms with Crippen LogP contribution in [0.25, 0.3) is 0 Å². The molecule has 2 heterocycles. The zero-order chi connectivity index (χ0) is 10.8. The molecule has 0 aliphatic heterocycles. The van der Waals surface area contributed by atoms with Crippen molar-refractivity contribution in [2.45, 2.75) is 6.92 Å². The van der Waals surface area contributed by atoms with Crippen LogP contribution < -0.4 is 10.6 Å². The first kappa shape index (κ1) is 10.8. The van der Waals surface area contributed by atoms with Crippen LogP contribution in [0.1, 0.15) is 6.92 Å². The number of hydrogen-bond donors (Lipinski definition) is 1. The highest BCUT2D eigenvalue weighted by molar-refractivity contribution is 9.11. The maximum Gasteiger partial charge on any atom is 0.190 e. The van der Waals surface area contributed by atoms with E-state index in [-0.39, 0.29) is 0 Å². The van der Waals surface area contributed by atoms with Crippen LogP contribution in [-0.4, -0.2) is 16.5 Å². The third-order valence-corrected chi connectivity index (χ3v) is 4.11. The topological polar surface area (TPSA) is 55.0 Å². The van der Waals surface area contributed by atoms with Crippen molar-refractivity contribution in [3.63, 3.8) is 0 Å². The van der Waals surface area contributed by atoms with Crippen molar-refractivity contribution in [3.8, 4) is 0 Å². The first-order valence-electron chi connectivity index (χ1n) is 4.31. The molecule has 0 saturated heterocycles. The SMILES string of the molecule is CCN(c1nccs1)c1nc(N)sc1Br. The van der Waals surface area contributed by atoms with Crippen molar-refractivity contribution < 1.29 is 0 Å². The van der Waals surface area contributed by atoms with Gasteiger partial charge in [-0.3, -0.25) is 0 Å². The number of thiazole rings is 2. The monoisotopic (exact) mass is 304 g/mol. The second-order valence-corrected chi connectivity index (χ2v) is 5.93. The quantitative estimate of drug-likeness (QED) is 0.946. The average molecular weight is 305 g/mol. The molecule has 80 valence electrons. The molecule has 0 aliphatic carbocycles. The number of aromatic nitrogens is 2. The Morgan fingerprint density at radius 3 is 2.87 bits per heavy atom. The molecule has 0 radical (unpaired) electrons. The first-order valence-corrected chi connectivity index (χ1v) is 6.80. The zero-order valence-corrected chi connectivity index (χ0v) is 11.2. The van der Waals surface area contributed by atoms with Crippen LogP contribution >= 0.6 is 38.6 Å². The molecule has 2 rings (SSSR count). The number of halogens is 1. The minimum atomic E-state index is 0.562. The molecule has 2 aromatic heterocycles. The van der Waals surface area contributed by atoms with Crippen LogP contribution in [-0.2, 0) is 0 Å². The molecule has 15 heavy (non-hydrogen) atoms. The second-order valence-electron chi connectivity index (χ2n) is 2.71. The molecule has 0 unspecified atom stereocenters. The van der Waals surface area contributed by atoms with Gasteiger partial charge in [-0.15, -0.1) is 11.3 Å². The average Bonchev–Trinajstić information content (AvgIpc) is 2.79. The standard InChI is InChI=1S/C8H9BrN4S2/c1-2-13(8-11-3-4-14-8)6-5(9)15-7(10)12-6/h3-4H,2H2,1H3,(H2,10,12). The Hall–Kier alpha value is -0.660. The Morgan fingerprint density at radius 2 is 2.40 bits per heavy atom. The molecule has 2 aromatic rings. The lowest BCUT2D eigenvalue weighted by molar-refractivity contribution is 0.986. The number of nitrogens with two attached hydrogens (primary N) is 1. The lowest BCUT2D eigenvalue weighted by atomic mass is 10.6. The van der Waals surface area contributed by atoms with Gasteiger partial charge in [0.15, 0.2) is 16.1 Å². The van der Waals surface area contributed by atoms with Crippen molar-refractivity contribution in [2.24, 2.45) is 0 Å². The fourth-order valence-corrected chi connectivity index (χ4v) is 3.27. The van der Waals surface area contributed by atoms with Crippen molar-refractivity contribution in [1.82, 2.24) is 9.97 Å². The molecular formula is C8H9BrN4S2. The van der Waals surface area contributed by atoms with Crippen molar-refractivity contribution in [3.05, 3.63) is 15.4 Å². The summed E-state index contributed by atoms with van der Waals surface area (Å²) in [5.74, 6) is 0.843. The van der Waals surface area contributed by atoms with Gasteiger partial charge in [0.2, 0.25) is 0 Å². The molecule has 0 aliphatic rings. The summed E-state index contributed by atoms with van der Waals surface area (Å²) < 4.78 is 0.942. The summed E-state index contributed by atoms with van der Waals surface area (Å²) in [4.78, 5) is 10.6. The van der Waals surface area contributed by atoms with E-state index >= 15 is 0 Å². The maximum atomic E-state index is 5.66. The van der Waals surface area contributed by atoms with E-state index in [1.807, 2.05) is 10.3 Å². The summed E-state index contributed by atoms with van der Waals surface area (Å²) in [5.41, 5.74) is 5.66. The van der Waals surface area contributed by atoms with Crippen LogP contribution in [0, 0.1) is 0 Å². The van der Waals surface area contributed by atoms with E-state index in [1.165, 1.54) is 11.3 Å². The van der Waals surface area contributed by atoms with Crippen molar-refractivity contribution in [1.29, 1.82) is 0 Å². The highest BCUT2D eigenvalue weighted by Gasteiger charge is 2.16. The summed E-state index contributed by atoms with van der Waals surface area (Å²) in [5, 5.41) is 3.44. The minimum absolute atomic E-state index is 0.562. The Bertz CT molecular complexity index is 439. The van der Waals surface area contributed by atoms with E-state index in [0.29, 0.717) is 5.13 Å². The molecule has 2 N–H and O–H groups in total. The first-order chi connectivity index (χ1) is 7.22. The minimum Gasteiger partial charge on any atom is -0.375 e. The van der Waals surface area contributed by atoms with Gasteiger partial charge in [-0.25, -0.2) is 9.97 Å². The number of anilines is 3. The van der Waals surface area contributed by atoms with Crippen LogP contribution in [0.4, 0.5) is 16.1 Å². The molecule has 0 saturated carbocycles. The van der Waals surface area contributed by atoms with Gasteiger partial charge in [0.25, 0.3) is 0 Å². The summed E-state index contributed by atoms with van der Waals surface area (Å²) in [6, 6.07) is 0. The molecule has 7 heteroatoms. The molecule has 0 spiro atoms. The van der Waals surface area contributed by atoms with Gasteiger partial charge in [0, 0.05) is 18.1 Å². The third-order valence-electron chi connectivity index (χ3n) is 1.81. The molecule has 0 fully saturated rings. The molecular weight excluding hydrogens is 296 g/mol. The van der Waals surface area contributed by atoms with E-state index in [1.54, 1.807) is 17.5 Å². The predicted octanol–water partition coefficient (Wildman–Crippen LogP) is 3.10. The maximum absolute atomic E-state index is 5.66. The number of hydrogen-bond acceptors (Lipinski definition) is 6. The Kier molecular flexibility index (Phi) is 3.22. The summed E-state index contributed by atoms with van der Waals surface area (Å²) in [7, 11) is 0. The van der Waals surface area contributed by atoms with E-state index in [4.69, 9.17) is 5.73 Å². The third kappa shape index (κ3) is 2.14. The van der Waals surface area contributed by atoms with Crippen LogP contribution in [0.5, 0.6) is 0 Å². The summed E-state index contributed by atoms with van der Waals surface area (Å²) in [6.45, 7) is 2.87. The molecule has 4 nitrogen and oxygen atoms in total. The van der Waals surface area contributed by atoms with Crippen molar-refractivity contribution in [2.75, 3.05) is 17.2 Å². The van der Waals surface area contributed by atoms with Crippen molar-refractivity contribution >= 4 is 54.7 Å². The van der Waals surface area contributed by atoms with Gasteiger partial charge in [-0.2, -0.15) is 0 Å². The van der Waals surface area contributed by atoms with Gasteiger partial charge >= 0.3 is 0 Å². The normalized spacial score (nSPS) is 10.5. The molecule has 0 atom stereocenters. The van der Waals surface area contributed by atoms with Crippen LogP contribution in [0.15, 0.2) is 15.4 Å². The highest BCUT2D eigenvalue weighted by atomic mass is 79.9. The molecule has 0 aromatic carbocycles. The van der Waals surface area contributed by atoms with E-state index in [2.05, 4.69) is 32.8 Å². The fraction of sp³-hybridized carbons (Fsp3) is 0.250. The number of nitrogens with zero attached hydrogens (tertiary/aromatic N) is 3. The number of rotatable bonds is 3. The van der Waals surface area contributed by atoms with Gasteiger partial charge in [0.05, 0.1) is 0 Å². The fourth-order valence-electron chi connectivity index (χ4n) is 1.20. The molecule has 0 bridgehead atoms. The van der Waals surface area contributed by atoms with Gasteiger partial charge < -0.3 is 10.6 Å². The highest BCUT2D eigenvalue weighted by Crippen LogP contribution is 2.37. The Balaban J connectivity index is 2.39. The van der Waals surface area contributed by atoms with Gasteiger partial charge in [-0.1, -0.05) is 11.3 Å². The summed E-state index contributed by atoms with van der Waals surface area (Å²) >= 11 is 6.47. The van der Waals surface area contributed by atoms with Crippen LogP contribution in [0.2, 0.25) is 0 Å². The lowest BCUT2D eigenvalue weighted by Gasteiger charge is -2.16. The Morgan fingerprint density at radius 1 is 1.60 bits per heavy atom. The smallest absolute Gasteiger partial charge is 0.190 e. The van der Waals surface area contributed by atoms with Crippen LogP contribution in [0.3, 0.4) is 0 Å². The predicted molar refractivity (Wildman–Crippen MR) is 69.0 cm³/mol. The van der Waals surface area contributed by atoms with E-state index in [0.717, 1.165) is 21.3 Å². The Labute approximate surface area is 104 Å². The largest absolute Gasteiger partial charge is 0.375 e.